The van der Waals surface area contributed by atoms with Crippen molar-refractivity contribution < 1.29 is 0 Å². The van der Waals surface area contributed by atoms with Gasteiger partial charge in [0, 0.05) is 6.04 Å². The van der Waals surface area contributed by atoms with Crippen molar-refractivity contribution >= 4 is 43.2 Å². The number of thiophene rings is 1. The zero-order valence-electron chi connectivity index (χ0n) is 10.9. The van der Waals surface area contributed by atoms with Crippen molar-refractivity contribution in [3.8, 4) is 0 Å². The Hall–Kier alpha value is 0.620. The summed E-state index contributed by atoms with van der Waals surface area (Å²) >= 11 is 8.96. The fourth-order valence-electron chi connectivity index (χ4n) is 1.78. The van der Waals surface area contributed by atoms with Gasteiger partial charge in [-0.05, 0) is 68.3 Å². The lowest BCUT2D eigenvalue weighted by Gasteiger charge is -2.23. The van der Waals surface area contributed by atoms with Crippen LogP contribution in [0.25, 0.3) is 0 Å². The van der Waals surface area contributed by atoms with Gasteiger partial charge in [0.25, 0.3) is 0 Å². The molecule has 4 heteroatoms. The predicted molar refractivity (Wildman–Crippen MR) is 84.8 cm³/mol. The minimum atomic E-state index is 0.396. The normalized spacial score (nSPS) is 14.0. The van der Waals surface area contributed by atoms with Crippen LogP contribution in [0.1, 0.15) is 52.1 Å². The van der Waals surface area contributed by atoms with Gasteiger partial charge in [-0.15, -0.1) is 11.3 Å². The maximum atomic E-state index is 3.66. The van der Waals surface area contributed by atoms with E-state index in [-0.39, 0.29) is 0 Å². The van der Waals surface area contributed by atoms with Crippen molar-refractivity contribution in [2.24, 2.45) is 5.41 Å². The molecule has 0 aromatic carbocycles. The van der Waals surface area contributed by atoms with Gasteiger partial charge in [0.15, 0.2) is 0 Å². The monoisotopic (exact) mass is 381 g/mol. The molecule has 1 rings (SSSR count). The molecule has 0 amide bonds. The first-order chi connectivity index (χ1) is 7.83. The molecule has 17 heavy (non-hydrogen) atoms. The molecule has 98 valence electrons. The van der Waals surface area contributed by atoms with Crippen molar-refractivity contribution in [1.82, 2.24) is 5.32 Å². The smallest absolute Gasteiger partial charge is 0.0758 e. The Morgan fingerprint density at radius 2 is 2.00 bits per heavy atom. The standard InChI is InChI=1S/C13H21Br2NS/c1-5-16-10(6-7-13(2,3)4)9-8-11(14)17-12(9)15/h8,10,16H,5-7H2,1-4H3. The SMILES string of the molecule is CCNC(CCC(C)(C)C)c1cc(Br)sc1Br. The quantitative estimate of drug-likeness (QED) is 0.683. The van der Waals surface area contributed by atoms with Crippen molar-refractivity contribution in [1.29, 1.82) is 0 Å². The van der Waals surface area contributed by atoms with Crippen molar-refractivity contribution in [3.63, 3.8) is 0 Å². The van der Waals surface area contributed by atoms with Gasteiger partial charge in [-0.25, -0.2) is 0 Å². The van der Waals surface area contributed by atoms with E-state index in [4.69, 9.17) is 0 Å². The lowest BCUT2D eigenvalue weighted by atomic mass is 9.87. The van der Waals surface area contributed by atoms with Crippen LogP contribution in [0.15, 0.2) is 13.6 Å². The van der Waals surface area contributed by atoms with Crippen LogP contribution in [-0.4, -0.2) is 6.54 Å². The molecule has 0 saturated carbocycles. The third kappa shape index (κ3) is 5.41. The van der Waals surface area contributed by atoms with Gasteiger partial charge < -0.3 is 5.32 Å². The predicted octanol–water partition coefficient (Wildman–Crippen LogP) is 5.75. The lowest BCUT2D eigenvalue weighted by Crippen LogP contribution is -2.22. The second-order valence-corrected chi connectivity index (χ2v) is 9.24. The van der Waals surface area contributed by atoms with E-state index in [1.807, 2.05) is 0 Å². The molecule has 0 saturated heterocycles. The van der Waals surface area contributed by atoms with E-state index in [1.54, 1.807) is 11.3 Å². The molecule has 1 aromatic rings. The molecular weight excluding hydrogens is 362 g/mol. The number of rotatable bonds is 5. The molecule has 1 nitrogen and oxygen atoms in total. The number of hydrogen-bond donors (Lipinski definition) is 1. The summed E-state index contributed by atoms with van der Waals surface area (Å²) in [6, 6.07) is 2.68. The summed E-state index contributed by atoms with van der Waals surface area (Å²) in [5.74, 6) is 0. The molecule has 0 spiro atoms. The van der Waals surface area contributed by atoms with Crippen LogP contribution in [0.5, 0.6) is 0 Å². The Labute approximate surface area is 126 Å². The highest BCUT2D eigenvalue weighted by Crippen LogP contribution is 2.38. The van der Waals surface area contributed by atoms with Gasteiger partial charge in [0.1, 0.15) is 0 Å². The van der Waals surface area contributed by atoms with Crippen LogP contribution < -0.4 is 5.32 Å². The maximum absolute atomic E-state index is 3.66. The van der Waals surface area contributed by atoms with E-state index in [0.29, 0.717) is 11.5 Å². The molecular formula is C13H21Br2NS. The number of halogens is 2. The summed E-state index contributed by atoms with van der Waals surface area (Å²) < 4.78 is 2.43. The van der Waals surface area contributed by atoms with E-state index in [2.05, 4.69) is 70.9 Å². The Morgan fingerprint density at radius 3 is 2.41 bits per heavy atom. The van der Waals surface area contributed by atoms with Crippen LogP contribution in [0.2, 0.25) is 0 Å². The number of hydrogen-bond acceptors (Lipinski definition) is 2. The maximum Gasteiger partial charge on any atom is 0.0758 e. The van der Waals surface area contributed by atoms with Gasteiger partial charge >= 0.3 is 0 Å². The van der Waals surface area contributed by atoms with Gasteiger partial charge in [-0.2, -0.15) is 0 Å². The summed E-state index contributed by atoms with van der Waals surface area (Å²) in [5, 5.41) is 3.58. The first-order valence-electron chi connectivity index (χ1n) is 6.01. The highest BCUT2D eigenvalue weighted by atomic mass is 79.9. The van der Waals surface area contributed by atoms with Crippen molar-refractivity contribution in [2.45, 2.75) is 46.6 Å². The molecule has 0 bridgehead atoms. The molecule has 0 aliphatic carbocycles. The Balaban J connectivity index is 2.75. The van der Waals surface area contributed by atoms with Crippen LogP contribution in [0.3, 0.4) is 0 Å². The summed E-state index contributed by atoms with van der Waals surface area (Å²) in [5.41, 5.74) is 1.78. The van der Waals surface area contributed by atoms with Crippen LogP contribution in [-0.2, 0) is 0 Å². The third-order valence-electron chi connectivity index (χ3n) is 2.69. The van der Waals surface area contributed by atoms with E-state index < -0.39 is 0 Å². The van der Waals surface area contributed by atoms with E-state index >= 15 is 0 Å². The molecule has 0 aliphatic heterocycles. The minimum absolute atomic E-state index is 0.396. The fourth-order valence-corrected chi connectivity index (χ4v) is 4.76. The highest BCUT2D eigenvalue weighted by Gasteiger charge is 2.19. The van der Waals surface area contributed by atoms with Crippen LogP contribution in [0.4, 0.5) is 0 Å². The van der Waals surface area contributed by atoms with Crippen LogP contribution in [0, 0.1) is 5.41 Å². The Morgan fingerprint density at radius 1 is 1.35 bits per heavy atom. The Kier molecular flexibility index (Phi) is 6.17. The summed E-state index contributed by atoms with van der Waals surface area (Å²) in [7, 11) is 0. The summed E-state index contributed by atoms with van der Waals surface area (Å²) in [4.78, 5) is 0. The first-order valence-corrected chi connectivity index (χ1v) is 8.42. The number of nitrogens with one attached hydrogen (secondary N) is 1. The van der Waals surface area contributed by atoms with Gasteiger partial charge in [-0.3, -0.25) is 0 Å². The van der Waals surface area contributed by atoms with Gasteiger partial charge in [-0.1, -0.05) is 27.7 Å². The average Bonchev–Trinajstić information content (AvgIpc) is 2.51. The van der Waals surface area contributed by atoms with Gasteiger partial charge in [0.05, 0.1) is 7.57 Å². The molecule has 1 atom stereocenters. The summed E-state index contributed by atoms with van der Waals surface area (Å²) in [6.07, 6.45) is 2.41. The van der Waals surface area contributed by atoms with Crippen molar-refractivity contribution in [3.05, 3.63) is 19.2 Å². The fraction of sp³-hybridized carbons (Fsp3) is 0.692. The highest BCUT2D eigenvalue weighted by molar-refractivity contribution is 9.12. The van der Waals surface area contributed by atoms with E-state index in [0.717, 1.165) is 6.54 Å². The molecule has 0 radical (unpaired) electrons. The molecule has 1 N–H and O–H groups in total. The molecule has 0 fully saturated rings. The third-order valence-corrected chi connectivity index (χ3v) is 5.08. The van der Waals surface area contributed by atoms with Gasteiger partial charge in [0.2, 0.25) is 0 Å². The first kappa shape index (κ1) is 15.7. The van der Waals surface area contributed by atoms with Crippen LogP contribution >= 0.6 is 43.2 Å². The Bertz CT molecular complexity index is 355. The lowest BCUT2D eigenvalue weighted by molar-refractivity contribution is 0.334. The van der Waals surface area contributed by atoms with E-state index in [9.17, 15) is 0 Å². The molecule has 1 aromatic heterocycles. The molecule has 1 heterocycles. The molecule has 1 unspecified atom stereocenters. The molecule has 0 aliphatic rings. The zero-order chi connectivity index (χ0) is 13.1. The average molecular weight is 383 g/mol. The van der Waals surface area contributed by atoms with Crippen molar-refractivity contribution in [2.75, 3.05) is 6.54 Å². The zero-order valence-corrected chi connectivity index (χ0v) is 14.9. The topological polar surface area (TPSA) is 12.0 Å². The minimum Gasteiger partial charge on any atom is -0.310 e. The summed E-state index contributed by atoms with van der Waals surface area (Å²) in [6.45, 7) is 10.1. The second-order valence-electron chi connectivity index (χ2n) is 5.49. The van der Waals surface area contributed by atoms with E-state index in [1.165, 1.54) is 26.0 Å². The largest absolute Gasteiger partial charge is 0.310 e. The second kappa shape index (κ2) is 6.69.